The Labute approximate surface area is 150 Å². The minimum Gasteiger partial charge on any atom is -0.497 e. The van der Waals surface area contributed by atoms with Crippen LogP contribution in [-0.4, -0.2) is 51.1 Å². The lowest BCUT2D eigenvalue weighted by Gasteiger charge is -2.19. The molecule has 0 aliphatic carbocycles. The van der Waals surface area contributed by atoms with Crippen LogP contribution >= 0.6 is 0 Å². The van der Waals surface area contributed by atoms with Crippen LogP contribution < -0.4 is 10.1 Å². The molecule has 6 nitrogen and oxygen atoms in total. The van der Waals surface area contributed by atoms with Crippen molar-refractivity contribution in [2.45, 2.75) is 38.5 Å². The summed E-state index contributed by atoms with van der Waals surface area (Å²) in [5, 5.41) is 2.72. The molecule has 0 saturated carbocycles. The molecule has 0 radical (unpaired) electrons. The Balaban J connectivity index is 1.70. The number of carbonyl (C=O) groups excluding carboxylic acids is 1. The lowest BCUT2D eigenvalue weighted by Crippen LogP contribution is -2.38. The first-order valence-electron chi connectivity index (χ1n) is 8.89. The monoisotopic (exact) mass is 368 g/mol. The summed E-state index contributed by atoms with van der Waals surface area (Å²) in [4.78, 5) is 11.9. The predicted octanol–water partition coefficient (Wildman–Crippen LogP) is 1.95. The zero-order valence-electron chi connectivity index (χ0n) is 14.9. The number of sulfonamides is 1. The highest BCUT2D eigenvalue weighted by molar-refractivity contribution is 7.89. The standard InChI is InChI=1S/C18H28N2O4S/c1-24-17-9-6-16(7-10-17)8-11-18(21)19-12-15-25(22,23)20-13-4-2-3-5-14-20/h6-7,9-10H,2-5,8,11-15H2,1H3,(H,19,21). The van der Waals surface area contributed by atoms with Crippen molar-refractivity contribution < 1.29 is 17.9 Å². The number of aryl methyl sites for hydroxylation is 1. The lowest BCUT2D eigenvalue weighted by atomic mass is 10.1. The quantitative estimate of drug-likeness (QED) is 0.761. The number of rotatable bonds is 8. The predicted molar refractivity (Wildman–Crippen MR) is 98.2 cm³/mol. The van der Waals surface area contributed by atoms with Crippen molar-refractivity contribution in [3.8, 4) is 5.75 Å². The molecule has 1 fully saturated rings. The third-order valence-corrected chi connectivity index (χ3v) is 6.31. The van der Waals surface area contributed by atoms with Crippen LogP contribution in [0.15, 0.2) is 24.3 Å². The van der Waals surface area contributed by atoms with E-state index in [1.54, 1.807) is 11.4 Å². The van der Waals surface area contributed by atoms with E-state index in [1.165, 1.54) is 0 Å². The summed E-state index contributed by atoms with van der Waals surface area (Å²) in [6, 6.07) is 7.58. The van der Waals surface area contributed by atoms with Crippen molar-refractivity contribution in [3.63, 3.8) is 0 Å². The van der Waals surface area contributed by atoms with Crippen molar-refractivity contribution in [2.75, 3.05) is 32.5 Å². The van der Waals surface area contributed by atoms with Gasteiger partial charge in [0, 0.05) is 26.1 Å². The third kappa shape index (κ3) is 6.66. The molecule has 2 rings (SSSR count). The van der Waals surface area contributed by atoms with E-state index in [-0.39, 0.29) is 18.2 Å². The number of nitrogens with zero attached hydrogens (tertiary/aromatic N) is 1. The van der Waals surface area contributed by atoms with Gasteiger partial charge in [0.25, 0.3) is 0 Å². The maximum absolute atomic E-state index is 12.3. The third-order valence-electron chi connectivity index (χ3n) is 4.44. The van der Waals surface area contributed by atoms with Crippen LogP contribution in [0.25, 0.3) is 0 Å². The van der Waals surface area contributed by atoms with Crippen LogP contribution in [0.1, 0.15) is 37.7 Å². The maximum Gasteiger partial charge on any atom is 0.220 e. The van der Waals surface area contributed by atoms with Crippen molar-refractivity contribution in [2.24, 2.45) is 0 Å². The number of hydrogen-bond donors (Lipinski definition) is 1. The number of ether oxygens (including phenoxy) is 1. The zero-order valence-corrected chi connectivity index (χ0v) is 15.7. The Kier molecular flexibility index (Phi) is 7.71. The van der Waals surface area contributed by atoms with E-state index < -0.39 is 10.0 Å². The Bertz CT molecular complexity index is 636. The fraction of sp³-hybridized carbons (Fsp3) is 0.611. The summed E-state index contributed by atoms with van der Waals surface area (Å²) in [7, 11) is -1.66. The summed E-state index contributed by atoms with van der Waals surface area (Å²) < 4.78 is 31.3. The second kappa shape index (κ2) is 9.77. The molecule has 1 aliphatic rings. The van der Waals surface area contributed by atoms with Gasteiger partial charge in [-0.3, -0.25) is 4.79 Å². The first-order valence-corrected chi connectivity index (χ1v) is 10.5. The van der Waals surface area contributed by atoms with Crippen LogP contribution in [0, 0.1) is 0 Å². The molecule has 0 unspecified atom stereocenters. The summed E-state index contributed by atoms with van der Waals surface area (Å²) in [6.45, 7) is 1.38. The number of carbonyl (C=O) groups is 1. The lowest BCUT2D eigenvalue weighted by molar-refractivity contribution is -0.120. The Morgan fingerprint density at radius 3 is 2.36 bits per heavy atom. The number of hydrogen-bond acceptors (Lipinski definition) is 4. The van der Waals surface area contributed by atoms with Gasteiger partial charge in [0.1, 0.15) is 5.75 Å². The van der Waals surface area contributed by atoms with Gasteiger partial charge < -0.3 is 10.1 Å². The highest BCUT2D eigenvalue weighted by Crippen LogP contribution is 2.14. The molecule has 1 saturated heterocycles. The van der Waals surface area contributed by atoms with Gasteiger partial charge in [-0.15, -0.1) is 0 Å². The highest BCUT2D eigenvalue weighted by Gasteiger charge is 2.22. The minimum absolute atomic E-state index is 0.0265. The van der Waals surface area contributed by atoms with E-state index in [9.17, 15) is 13.2 Å². The Morgan fingerprint density at radius 1 is 1.12 bits per heavy atom. The van der Waals surface area contributed by atoms with E-state index in [0.29, 0.717) is 25.9 Å². The van der Waals surface area contributed by atoms with Gasteiger partial charge in [0.15, 0.2) is 0 Å². The molecule has 1 amide bonds. The molecule has 140 valence electrons. The average molecular weight is 368 g/mol. The molecule has 0 atom stereocenters. The first kappa shape index (κ1) is 19.7. The molecule has 0 aromatic heterocycles. The van der Waals surface area contributed by atoms with Crippen LogP contribution in [-0.2, 0) is 21.2 Å². The van der Waals surface area contributed by atoms with Crippen molar-refractivity contribution >= 4 is 15.9 Å². The van der Waals surface area contributed by atoms with Crippen molar-refractivity contribution in [3.05, 3.63) is 29.8 Å². The van der Waals surface area contributed by atoms with Crippen molar-refractivity contribution in [1.29, 1.82) is 0 Å². The van der Waals surface area contributed by atoms with Crippen LogP contribution in [0.2, 0.25) is 0 Å². The molecular weight excluding hydrogens is 340 g/mol. The van der Waals surface area contributed by atoms with Gasteiger partial charge in [-0.2, -0.15) is 0 Å². The molecule has 1 N–H and O–H groups in total. The molecule has 0 spiro atoms. The van der Waals surface area contributed by atoms with Crippen LogP contribution in [0.3, 0.4) is 0 Å². The molecule has 7 heteroatoms. The fourth-order valence-corrected chi connectivity index (χ4v) is 4.34. The van der Waals surface area contributed by atoms with Crippen LogP contribution in [0.5, 0.6) is 5.75 Å². The summed E-state index contributed by atoms with van der Waals surface area (Å²) in [6.07, 6.45) is 4.99. The second-order valence-corrected chi connectivity index (χ2v) is 8.42. The molecule has 1 heterocycles. The molecule has 25 heavy (non-hydrogen) atoms. The number of benzene rings is 1. The molecule has 1 aromatic rings. The molecular formula is C18H28N2O4S. The fourth-order valence-electron chi connectivity index (χ4n) is 2.91. The van der Waals surface area contributed by atoms with Gasteiger partial charge in [0.05, 0.1) is 12.9 Å². The van der Waals surface area contributed by atoms with Gasteiger partial charge >= 0.3 is 0 Å². The highest BCUT2D eigenvalue weighted by atomic mass is 32.2. The number of methoxy groups -OCH3 is 1. The van der Waals surface area contributed by atoms with E-state index >= 15 is 0 Å². The van der Waals surface area contributed by atoms with Gasteiger partial charge in [-0.1, -0.05) is 25.0 Å². The van der Waals surface area contributed by atoms with Crippen LogP contribution in [0.4, 0.5) is 0 Å². The zero-order chi connectivity index (χ0) is 18.1. The van der Waals surface area contributed by atoms with Gasteiger partial charge in [-0.05, 0) is 37.0 Å². The van der Waals surface area contributed by atoms with E-state index in [4.69, 9.17) is 4.74 Å². The summed E-state index contributed by atoms with van der Waals surface area (Å²) in [5.41, 5.74) is 1.05. The summed E-state index contributed by atoms with van der Waals surface area (Å²) in [5.74, 6) is 0.634. The summed E-state index contributed by atoms with van der Waals surface area (Å²) >= 11 is 0. The molecule has 1 aliphatic heterocycles. The average Bonchev–Trinajstić information content (AvgIpc) is 2.90. The smallest absolute Gasteiger partial charge is 0.220 e. The normalized spacial score (nSPS) is 16.2. The SMILES string of the molecule is COc1ccc(CCC(=O)NCCS(=O)(=O)N2CCCCCC2)cc1. The largest absolute Gasteiger partial charge is 0.497 e. The van der Waals surface area contributed by atoms with E-state index in [2.05, 4.69) is 5.32 Å². The Morgan fingerprint density at radius 2 is 1.76 bits per heavy atom. The number of nitrogens with one attached hydrogen (secondary N) is 1. The molecule has 0 bridgehead atoms. The maximum atomic E-state index is 12.3. The van der Waals surface area contributed by atoms with Gasteiger partial charge in [0.2, 0.25) is 15.9 Å². The molecule has 1 aromatic carbocycles. The topological polar surface area (TPSA) is 75.7 Å². The Hall–Kier alpha value is -1.60. The van der Waals surface area contributed by atoms with E-state index in [1.807, 2.05) is 24.3 Å². The second-order valence-electron chi connectivity index (χ2n) is 6.33. The number of amides is 1. The van der Waals surface area contributed by atoms with E-state index in [0.717, 1.165) is 37.0 Å². The van der Waals surface area contributed by atoms with Gasteiger partial charge in [-0.25, -0.2) is 12.7 Å². The minimum atomic E-state index is -3.27. The first-order chi connectivity index (χ1) is 12.0. The van der Waals surface area contributed by atoms with Crippen molar-refractivity contribution in [1.82, 2.24) is 9.62 Å².